The first-order valence-corrected chi connectivity index (χ1v) is 22.3. The number of piperidine rings is 1. The molecular weight excluding hydrogens is 829 g/mol. The minimum Gasteiger partial charge on any atom is -0.380 e. The number of hydrogen-bond acceptors (Lipinski definition) is 14. The number of aromatic nitrogens is 2. The number of aryl methyl sites for hydroxylation is 1. The molecule has 7 rings (SSSR count). The molecule has 2 atom stereocenters. The highest BCUT2D eigenvalue weighted by atomic mass is 32.2. The second kappa shape index (κ2) is 19.0. The number of ether oxygens (including phenoxy) is 1. The molecule has 4 heterocycles. The van der Waals surface area contributed by atoms with Gasteiger partial charge in [-0.2, -0.15) is 4.98 Å². The molecule has 3 aliphatic rings. The van der Waals surface area contributed by atoms with Gasteiger partial charge in [0.05, 0.1) is 24.5 Å². The fraction of sp³-hybridized carbons (Fsp3) is 0.386. The summed E-state index contributed by atoms with van der Waals surface area (Å²) < 4.78 is 34.2. The third kappa shape index (κ3) is 10.9. The van der Waals surface area contributed by atoms with Crippen molar-refractivity contribution < 1.29 is 37.1 Å². The zero-order valence-electron chi connectivity index (χ0n) is 35.6. The van der Waals surface area contributed by atoms with Gasteiger partial charge in [-0.25, -0.2) is 18.1 Å². The average molecular weight is 881 g/mol. The molecule has 2 unspecified atom stereocenters. The highest BCUT2D eigenvalue weighted by Crippen LogP contribution is 2.31. The molecule has 332 valence electrons. The number of nitrogens with zero attached hydrogens (tertiary/aromatic N) is 5. The zero-order valence-corrected chi connectivity index (χ0v) is 36.5. The van der Waals surface area contributed by atoms with Crippen LogP contribution in [-0.2, 0) is 33.9 Å². The van der Waals surface area contributed by atoms with Gasteiger partial charge in [0.2, 0.25) is 33.7 Å². The van der Waals surface area contributed by atoms with Gasteiger partial charge in [-0.3, -0.25) is 39.5 Å². The van der Waals surface area contributed by atoms with Crippen LogP contribution >= 0.6 is 0 Å². The van der Waals surface area contributed by atoms with Gasteiger partial charge in [0.15, 0.2) is 0 Å². The molecule has 19 heteroatoms. The summed E-state index contributed by atoms with van der Waals surface area (Å²) in [6.07, 6.45) is 1.98. The van der Waals surface area contributed by atoms with Crippen molar-refractivity contribution in [3.05, 3.63) is 95.7 Å². The Labute approximate surface area is 366 Å². The molecule has 2 fully saturated rings. The highest BCUT2D eigenvalue weighted by molar-refractivity contribution is 7.89. The molecule has 1 aromatic heterocycles. The second-order valence-corrected chi connectivity index (χ2v) is 18.3. The van der Waals surface area contributed by atoms with E-state index < -0.39 is 51.3 Å². The molecule has 63 heavy (non-hydrogen) atoms. The summed E-state index contributed by atoms with van der Waals surface area (Å²) >= 11 is 0. The van der Waals surface area contributed by atoms with Gasteiger partial charge >= 0.3 is 0 Å². The Morgan fingerprint density at radius 1 is 0.905 bits per heavy atom. The van der Waals surface area contributed by atoms with Crippen molar-refractivity contribution in [2.24, 2.45) is 0 Å². The van der Waals surface area contributed by atoms with E-state index >= 15 is 0 Å². The molecule has 0 spiro atoms. The van der Waals surface area contributed by atoms with Crippen LogP contribution in [-0.4, -0.2) is 115 Å². The van der Waals surface area contributed by atoms with Crippen molar-refractivity contribution >= 4 is 68.4 Å². The molecule has 0 aliphatic carbocycles. The first kappa shape index (κ1) is 44.8. The number of imide groups is 2. The van der Waals surface area contributed by atoms with Crippen LogP contribution in [0.2, 0.25) is 0 Å². The quantitative estimate of drug-likeness (QED) is 0.0852. The minimum atomic E-state index is -3.72. The first-order chi connectivity index (χ1) is 30.1. The standard InChI is InChI=1S/C44H52N10O8S/c1-28-27-46-43(50-39(28)47-30-8-7-9-32(26-30)63(60,61)51-44(2,3)4)48-29-12-14-31(15-13-29)52-20-22-53(23-21-52)37(56)18-24-62-25-19-45-38-33-10-5-6-11-34(33)41(58)54(42(38)59)35-16-17-36(55)49-40(35)57/h5-15,26-27,35,38,45,51H,16-25H2,1-4H3,(H,49,55,57)(H2,46,47,48,50). The van der Waals surface area contributed by atoms with Crippen LogP contribution in [0, 0.1) is 6.92 Å². The predicted molar refractivity (Wildman–Crippen MR) is 235 cm³/mol. The van der Waals surface area contributed by atoms with Crippen molar-refractivity contribution in [1.82, 2.24) is 35.1 Å². The number of carbonyl (C=O) groups is 5. The van der Waals surface area contributed by atoms with E-state index in [1.807, 2.05) is 36.1 Å². The summed E-state index contributed by atoms with van der Waals surface area (Å²) in [5, 5.41) is 11.8. The number of piperazine rings is 1. The van der Waals surface area contributed by atoms with E-state index in [0.717, 1.165) is 21.8 Å². The van der Waals surface area contributed by atoms with Gasteiger partial charge in [0, 0.05) is 79.1 Å². The summed E-state index contributed by atoms with van der Waals surface area (Å²) in [6.45, 7) is 10.3. The fourth-order valence-corrected chi connectivity index (χ4v) is 9.09. The number of rotatable bonds is 15. The molecule has 5 N–H and O–H groups in total. The number of anilines is 5. The van der Waals surface area contributed by atoms with Crippen LogP contribution < -0.4 is 30.9 Å². The van der Waals surface area contributed by atoms with Crippen LogP contribution in [0.25, 0.3) is 0 Å². The lowest BCUT2D eigenvalue weighted by Gasteiger charge is -2.38. The third-order valence-electron chi connectivity index (χ3n) is 10.7. The van der Waals surface area contributed by atoms with Gasteiger partial charge in [-0.1, -0.05) is 24.3 Å². The summed E-state index contributed by atoms with van der Waals surface area (Å²) in [7, 11) is -3.72. The van der Waals surface area contributed by atoms with Gasteiger partial charge in [0.1, 0.15) is 17.9 Å². The Morgan fingerprint density at radius 3 is 2.38 bits per heavy atom. The van der Waals surface area contributed by atoms with Crippen molar-refractivity contribution in [2.75, 3.05) is 61.5 Å². The van der Waals surface area contributed by atoms with Gasteiger partial charge in [-0.15, -0.1) is 0 Å². The normalized spacial score (nSPS) is 18.3. The van der Waals surface area contributed by atoms with E-state index in [0.29, 0.717) is 54.8 Å². The van der Waals surface area contributed by atoms with E-state index in [1.165, 1.54) is 0 Å². The number of carbonyl (C=O) groups excluding carboxylic acids is 5. The van der Waals surface area contributed by atoms with E-state index in [9.17, 15) is 32.4 Å². The molecule has 4 aromatic rings. The zero-order chi connectivity index (χ0) is 44.9. The lowest BCUT2D eigenvalue weighted by Crippen LogP contribution is -2.60. The van der Waals surface area contributed by atoms with Crippen LogP contribution in [0.4, 0.5) is 28.8 Å². The van der Waals surface area contributed by atoms with Crippen LogP contribution in [0.5, 0.6) is 0 Å². The minimum absolute atomic E-state index is 0.0147. The molecule has 5 amide bonds. The van der Waals surface area contributed by atoms with Gasteiger partial charge in [0.25, 0.3) is 11.8 Å². The Bertz CT molecular complexity index is 2490. The Morgan fingerprint density at radius 2 is 1.65 bits per heavy atom. The van der Waals surface area contributed by atoms with Gasteiger partial charge in [-0.05, 0) is 88.2 Å². The fourth-order valence-electron chi connectivity index (χ4n) is 7.63. The number of amides is 5. The summed E-state index contributed by atoms with van der Waals surface area (Å²) in [4.78, 5) is 78.4. The molecule has 3 aromatic carbocycles. The van der Waals surface area contributed by atoms with E-state index in [4.69, 9.17) is 4.74 Å². The highest BCUT2D eigenvalue weighted by Gasteiger charge is 2.45. The maximum Gasteiger partial charge on any atom is 0.261 e. The third-order valence-corrected chi connectivity index (χ3v) is 12.5. The number of fused-ring (bicyclic) bond motifs is 1. The molecule has 0 saturated carbocycles. The van der Waals surface area contributed by atoms with Crippen molar-refractivity contribution in [1.29, 1.82) is 0 Å². The summed E-state index contributed by atoms with van der Waals surface area (Å²) in [6, 6.07) is 19.2. The number of sulfonamides is 1. The molecule has 3 aliphatic heterocycles. The first-order valence-electron chi connectivity index (χ1n) is 20.8. The summed E-state index contributed by atoms with van der Waals surface area (Å²) in [5.74, 6) is -1.37. The topological polar surface area (TPSA) is 224 Å². The number of hydrogen-bond donors (Lipinski definition) is 5. The van der Waals surface area contributed by atoms with E-state index in [-0.39, 0.29) is 49.8 Å². The Balaban J connectivity index is 0.843. The van der Waals surface area contributed by atoms with Gasteiger partial charge < -0.3 is 25.2 Å². The van der Waals surface area contributed by atoms with Crippen molar-refractivity contribution in [3.63, 3.8) is 0 Å². The smallest absolute Gasteiger partial charge is 0.261 e. The maximum absolute atomic E-state index is 13.6. The van der Waals surface area contributed by atoms with Crippen LogP contribution in [0.3, 0.4) is 0 Å². The Hall–Kier alpha value is -6.28. The molecule has 2 saturated heterocycles. The summed E-state index contributed by atoms with van der Waals surface area (Å²) in [5.41, 5.74) is 3.31. The monoisotopic (exact) mass is 880 g/mol. The largest absolute Gasteiger partial charge is 0.380 e. The maximum atomic E-state index is 13.6. The second-order valence-electron chi connectivity index (χ2n) is 16.6. The Kier molecular flexibility index (Phi) is 13.5. The van der Waals surface area contributed by atoms with E-state index in [1.54, 1.807) is 75.5 Å². The van der Waals surface area contributed by atoms with Crippen LogP contribution in [0.15, 0.2) is 83.9 Å². The van der Waals surface area contributed by atoms with E-state index in [2.05, 4.69) is 40.9 Å². The lowest BCUT2D eigenvalue weighted by molar-refractivity contribution is -0.144. The SMILES string of the molecule is Cc1cnc(Nc2ccc(N3CCN(C(=O)CCOCCNC4C(=O)N(C5CCC(=O)NC5=O)C(=O)c5ccccc54)CC3)cc2)nc1Nc1cccc(S(=O)(=O)NC(C)(C)C)c1. The number of benzene rings is 3. The molecule has 0 radical (unpaired) electrons. The van der Waals surface area contributed by atoms with Crippen LogP contribution in [0.1, 0.15) is 67.6 Å². The average Bonchev–Trinajstić information content (AvgIpc) is 3.24. The molecular formula is C44H52N10O8S. The lowest BCUT2D eigenvalue weighted by atomic mass is 9.91. The molecule has 18 nitrogen and oxygen atoms in total. The molecule has 0 bridgehead atoms. The van der Waals surface area contributed by atoms with Crippen molar-refractivity contribution in [2.45, 2.75) is 69.5 Å². The predicted octanol–water partition coefficient (Wildman–Crippen LogP) is 3.52. The number of nitrogens with one attached hydrogen (secondary N) is 5. The van der Waals surface area contributed by atoms with Crippen molar-refractivity contribution in [3.8, 4) is 0 Å².